The van der Waals surface area contributed by atoms with Gasteiger partial charge >= 0.3 is 0 Å². The Balaban J connectivity index is 1.77. The van der Waals surface area contributed by atoms with Gasteiger partial charge in [0.15, 0.2) is 0 Å². The quantitative estimate of drug-likeness (QED) is 0.853. The first-order valence-electron chi connectivity index (χ1n) is 7.51. The predicted molar refractivity (Wildman–Crippen MR) is 93.2 cm³/mol. The van der Waals surface area contributed by atoms with Crippen molar-refractivity contribution in [2.45, 2.75) is 6.92 Å². The van der Waals surface area contributed by atoms with Crippen LogP contribution in [-0.2, 0) is 4.79 Å². The van der Waals surface area contributed by atoms with E-state index >= 15 is 0 Å². The first kappa shape index (κ1) is 17.0. The molecule has 0 bridgehead atoms. The third-order valence-electron chi connectivity index (χ3n) is 3.86. The summed E-state index contributed by atoms with van der Waals surface area (Å²) >= 11 is 5.92. The van der Waals surface area contributed by atoms with Gasteiger partial charge in [0.2, 0.25) is 5.91 Å². The van der Waals surface area contributed by atoms with E-state index in [-0.39, 0.29) is 6.54 Å². The van der Waals surface area contributed by atoms with Gasteiger partial charge in [-0.3, -0.25) is 19.3 Å². The molecule has 3 amide bonds. The molecule has 0 saturated carbocycles. The van der Waals surface area contributed by atoms with Gasteiger partial charge in [0.25, 0.3) is 11.8 Å². The molecular weight excluding hydrogens is 344 g/mol. The molecule has 0 atom stereocenters. The number of carbonyl (C=O) groups excluding carboxylic acids is 3. The maximum atomic E-state index is 12.4. The molecule has 1 aliphatic rings. The first-order valence-corrected chi connectivity index (χ1v) is 7.88. The molecule has 0 unspecified atom stereocenters. The topological polar surface area (TPSA) is 75.7 Å². The van der Waals surface area contributed by atoms with E-state index in [1.54, 1.807) is 30.3 Å². The molecule has 1 N–H and O–H groups in total. The number of ether oxygens (including phenoxy) is 1. The Morgan fingerprint density at radius 3 is 2.56 bits per heavy atom. The van der Waals surface area contributed by atoms with E-state index in [0.29, 0.717) is 27.6 Å². The second kappa shape index (κ2) is 6.57. The van der Waals surface area contributed by atoms with Crippen molar-refractivity contribution < 1.29 is 19.1 Å². The van der Waals surface area contributed by atoms with Crippen molar-refractivity contribution in [2.24, 2.45) is 0 Å². The molecule has 2 aromatic carbocycles. The molecule has 0 radical (unpaired) electrons. The van der Waals surface area contributed by atoms with Gasteiger partial charge in [-0.2, -0.15) is 0 Å². The average molecular weight is 359 g/mol. The highest BCUT2D eigenvalue weighted by atomic mass is 35.5. The number of amides is 3. The number of nitrogens with zero attached hydrogens (tertiary/aromatic N) is 1. The lowest BCUT2D eigenvalue weighted by Crippen LogP contribution is -2.37. The molecule has 3 rings (SSSR count). The van der Waals surface area contributed by atoms with Crippen LogP contribution in [0.5, 0.6) is 5.75 Å². The minimum absolute atomic E-state index is 0.309. The summed E-state index contributed by atoms with van der Waals surface area (Å²) in [4.78, 5) is 38.0. The van der Waals surface area contributed by atoms with Gasteiger partial charge < -0.3 is 10.1 Å². The number of fused-ring (bicyclic) bond motifs is 1. The van der Waals surface area contributed by atoms with Gasteiger partial charge in [-0.05, 0) is 37.3 Å². The number of hydrogen-bond acceptors (Lipinski definition) is 4. The highest BCUT2D eigenvalue weighted by molar-refractivity contribution is 6.31. The smallest absolute Gasteiger partial charge is 0.262 e. The Morgan fingerprint density at radius 2 is 1.84 bits per heavy atom. The largest absolute Gasteiger partial charge is 0.495 e. The van der Waals surface area contributed by atoms with E-state index in [1.807, 2.05) is 6.92 Å². The third kappa shape index (κ3) is 3.21. The molecule has 6 nitrogen and oxygen atoms in total. The highest BCUT2D eigenvalue weighted by Gasteiger charge is 2.36. The van der Waals surface area contributed by atoms with Crippen LogP contribution in [0.15, 0.2) is 36.4 Å². The number of imide groups is 1. The normalized spacial score (nSPS) is 13.0. The van der Waals surface area contributed by atoms with E-state index in [1.165, 1.54) is 13.2 Å². The van der Waals surface area contributed by atoms with Gasteiger partial charge in [-0.15, -0.1) is 0 Å². The van der Waals surface area contributed by atoms with Crippen molar-refractivity contribution in [3.8, 4) is 5.75 Å². The number of benzene rings is 2. The number of methoxy groups -OCH3 is 1. The summed E-state index contributed by atoms with van der Waals surface area (Å²) < 4.78 is 5.16. The second-order valence-corrected chi connectivity index (χ2v) is 6.07. The van der Waals surface area contributed by atoms with Crippen LogP contribution in [0.1, 0.15) is 26.3 Å². The summed E-state index contributed by atoms with van der Waals surface area (Å²) in [5.41, 5.74) is 1.86. The van der Waals surface area contributed by atoms with Crippen LogP contribution in [0.2, 0.25) is 5.02 Å². The van der Waals surface area contributed by atoms with Crippen LogP contribution in [0, 0.1) is 6.92 Å². The highest BCUT2D eigenvalue weighted by Crippen LogP contribution is 2.28. The lowest BCUT2D eigenvalue weighted by molar-refractivity contribution is -0.116. The molecule has 7 heteroatoms. The molecule has 0 aliphatic carbocycles. The van der Waals surface area contributed by atoms with Crippen molar-refractivity contribution in [3.63, 3.8) is 0 Å². The summed E-state index contributed by atoms with van der Waals surface area (Å²) in [5, 5.41) is 3.04. The van der Waals surface area contributed by atoms with Gasteiger partial charge in [0.05, 0.1) is 23.9 Å². The lowest BCUT2D eigenvalue weighted by atomic mass is 10.1. The van der Waals surface area contributed by atoms with E-state index in [9.17, 15) is 14.4 Å². The van der Waals surface area contributed by atoms with E-state index in [4.69, 9.17) is 16.3 Å². The fourth-order valence-corrected chi connectivity index (χ4v) is 2.83. The minimum atomic E-state index is -0.521. The molecule has 0 aromatic heterocycles. The molecule has 2 aromatic rings. The number of anilines is 1. The summed E-state index contributed by atoms with van der Waals surface area (Å²) in [7, 11) is 1.46. The number of aryl methyl sites for hydroxylation is 1. The fraction of sp³-hybridized carbons (Fsp3) is 0.167. The van der Waals surface area contributed by atoms with Gasteiger partial charge in [0, 0.05) is 5.02 Å². The second-order valence-electron chi connectivity index (χ2n) is 5.64. The van der Waals surface area contributed by atoms with Gasteiger partial charge in [0.1, 0.15) is 12.3 Å². The SMILES string of the molecule is COc1ccc(Cl)cc1NC(=O)CN1C(=O)c2ccc(C)cc2C1=O. The van der Waals surface area contributed by atoms with Crippen LogP contribution < -0.4 is 10.1 Å². The third-order valence-corrected chi connectivity index (χ3v) is 4.10. The van der Waals surface area contributed by atoms with Crippen LogP contribution in [-0.4, -0.2) is 36.3 Å². The van der Waals surface area contributed by atoms with Crippen molar-refractivity contribution in [1.82, 2.24) is 4.90 Å². The zero-order chi connectivity index (χ0) is 18.1. The molecule has 128 valence electrons. The Bertz CT molecular complexity index is 895. The number of nitrogens with one attached hydrogen (secondary N) is 1. The zero-order valence-corrected chi connectivity index (χ0v) is 14.4. The molecule has 0 saturated heterocycles. The van der Waals surface area contributed by atoms with Crippen molar-refractivity contribution in [1.29, 1.82) is 0 Å². The predicted octanol–water partition coefficient (Wildman–Crippen LogP) is 2.89. The Kier molecular flexibility index (Phi) is 4.46. The van der Waals surface area contributed by atoms with Crippen molar-refractivity contribution >= 4 is 35.0 Å². The maximum Gasteiger partial charge on any atom is 0.262 e. The standard InChI is InChI=1S/C18H15ClN2O4/c1-10-3-5-12-13(7-10)18(24)21(17(12)23)9-16(22)20-14-8-11(19)4-6-15(14)25-2/h3-8H,9H2,1-2H3,(H,20,22). The molecule has 1 heterocycles. The monoisotopic (exact) mass is 358 g/mol. The lowest BCUT2D eigenvalue weighted by Gasteiger charge is -2.15. The summed E-state index contributed by atoms with van der Waals surface area (Å²) in [5.74, 6) is -1.05. The number of hydrogen-bond donors (Lipinski definition) is 1. The fourth-order valence-electron chi connectivity index (χ4n) is 2.66. The van der Waals surface area contributed by atoms with Crippen molar-refractivity contribution in [3.05, 3.63) is 58.1 Å². The van der Waals surface area contributed by atoms with E-state index in [2.05, 4.69) is 5.32 Å². The number of rotatable bonds is 4. The van der Waals surface area contributed by atoms with Crippen LogP contribution >= 0.6 is 11.6 Å². The zero-order valence-electron chi connectivity index (χ0n) is 13.6. The molecule has 0 fully saturated rings. The Hall–Kier alpha value is -2.86. The maximum absolute atomic E-state index is 12.4. The molecule has 25 heavy (non-hydrogen) atoms. The van der Waals surface area contributed by atoms with Crippen LogP contribution in [0.4, 0.5) is 5.69 Å². The van der Waals surface area contributed by atoms with E-state index in [0.717, 1.165) is 10.5 Å². The number of halogens is 1. The summed E-state index contributed by atoms with van der Waals surface area (Å²) in [6.07, 6.45) is 0. The van der Waals surface area contributed by atoms with Gasteiger partial charge in [-0.1, -0.05) is 23.2 Å². The minimum Gasteiger partial charge on any atom is -0.495 e. The average Bonchev–Trinajstić information content (AvgIpc) is 2.79. The molecular formula is C18H15ClN2O4. The summed E-state index contributed by atoms with van der Waals surface area (Å²) in [6, 6.07) is 9.77. The summed E-state index contributed by atoms with van der Waals surface area (Å²) in [6.45, 7) is 1.44. The first-order chi connectivity index (χ1) is 11.9. The van der Waals surface area contributed by atoms with Gasteiger partial charge in [-0.25, -0.2) is 0 Å². The number of carbonyl (C=O) groups is 3. The van der Waals surface area contributed by atoms with Crippen LogP contribution in [0.3, 0.4) is 0 Å². The van der Waals surface area contributed by atoms with Crippen molar-refractivity contribution in [2.75, 3.05) is 19.0 Å². The Labute approximate surface area is 149 Å². The Morgan fingerprint density at radius 1 is 1.12 bits per heavy atom. The van der Waals surface area contributed by atoms with E-state index < -0.39 is 17.7 Å². The molecule has 1 aliphatic heterocycles. The van der Waals surface area contributed by atoms with Crippen LogP contribution in [0.25, 0.3) is 0 Å². The molecule has 0 spiro atoms.